The van der Waals surface area contributed by atoms with Crippen LogP contribution < -0.4 is 0 Å². The molecule has 0 atom stereocenters. The lowest BCUT2D eigenvalue weighted by atomic mass is 9.61. The highest BCUT2D eigenvalue weighted by Crippen LogP contribution is 2.54. The molecule has 20 heavy (non-hydrogen) atoms. The molecule has 0 aromatic heterocycles. The minimum absolute atomic E-state index is 0.132. The molecule has 0 unspecified atom stereocenters. The Morgan fingerprint density at radius 1 is 1.05 bits per heavy atom. The monoisotopic (exact) mass is 288 g/mol. The van der Waals surface area contributed by atoms with E-state index in [1.54, 1.807) is 0 Å². The average molecular weight is 288 g/mol. The number of aliphatic hydroxyl groups excluding tert-OH is 1. The van der Waals surface area contributed by atoms with Gasteiger partial charge in [0, 0.05) is 18.3 Å². The molecule has 1 aromatic rings. The van der Waals surface area contributed by atoms with E-state index in [0.29, 0.717) is 31.6 Å². The minimum Gasteiger partial charge on any atom is -0.395 e. The zero-order valence-electron chi connectivity index (χ0n) is 10.7. The van der Waals surface area contributed by atoms with E-state index >= 15 is 0 Å². The number of hydrogen-bond donors (Lipinski definition) is 1. The zero-order chi connectivity index (χ0) is 14.4. The van der Waals surface area contributed by atoms with Crippen molar-refractivity contribution >= 4 is 0 Å². The van der Waals surface area contributed by atoms with Gasteiger partial charge in [-0.05, 0) is 17.7 Å². The van der Waals surface area contributed by atoms with Crippen LogP contribution in [0.3, 0.4) is 0 Å². The first-order chi connectivity index (χ1) is 9.39. The van der Waals surface area contributed by atoms with Gasteiger partial charge in [0.25, 0.3) is 0 Å². The standard InChI is InChI=1S/C14H15F3O3/c15-14(16,17)11-3-1-10(2-4-11)12(9-18)7-13(8-12)19-5-6-20-13/h1-4,18H,5-9H2. The van der Waals surface area contributed by atoms with Gasteiger partial charge in [-0.25, -0.2) is 0 Å². The lowest BCUT2D eigenvalue weighted by Crippen LogP contribution is -2.57. The third-order valence-electron chi connectivity index (χ3n) is 4.16. The number of aliphatic hydroxyl groups is 1. The van der Waals surface area contributed by atoms with Crippen LogP contribution in [0.2, 0.25) is 0 Å². The van der Waals surface area contributed by atoms with Gasteiger partial charge in [0.05, 0.1) is 25.4 Å². The van der Waals surface area contributed by atoms with Gasteiger partial charge in [0.15, 0.2) is 5.79 Å². The maximum Gasteiger partial charge on any atom is 0.416 e. The van der Waals surface area contributed by atoms with Crippen molar-refractivity contribution in [2.45, 2.75) is 30.2 Å². The maximum absolute atomic E-state index is 12.5. The van der Waals surface area contributed by atoms with Crippen molar-refractivity contribution in [2.24, 2.45) is 0 Å². The second-order valence-electron chi connectivity index (χ2n) is 5.47. The molecule has 1 N–H and O–H groups in total. The third-order valence-corrected chi connectivity index (χ3v) is 4.16. The van der Waals surface area contributed by atoms with Crippen LogP contribution in [0.1, 0.15) is 24.0 Å². The molecular formula is C14H15F3O3. The summed E-state index contributed by atoms with van der Waals surface area (Å²) < 4.78 is 48.7. The van der Waals surface area contributed by atoms with E-state index in [1.165, 1.54) is 12.1 Å². The molecule has 3 rings (SSSR count). The summed E-state index contributed by atoms with van der Waals surface area (Å²) in [6.07, 6.45) is -3.40. The molecule has 1 saturated heterocycles. The summed E-state index contributed by atoms with van der Waals surface area (Å²) in [6, 6.07) is 4.96. The van der Waals surface area contributed by atoms with Crippen molar-refractivity contribution in [3.05, 3.63) is 35.4 Å². The largest absolute Gasteiger partial charge is 0.416 e. The Balaban J connectivity index is 1.81. The first-order valence-corrected chi connectivity index (χ1v) is 6.46. The molecule has 1 heterocycles. The van der Waals surface area contributed by atoms with Gasteiger partial charge in [-0.15, -0.1) is 0 Å². The van der Waals surface area contributed by atoms with Gasteiger partial charge < -0.3 is 14.6 Å². The number of halogens is 3. The Morgan fingerprint density at radius 2 is 1.60 bits per heavy atom. The quantitative estimate of drug-likeness (QED) is 0.908. The van der Waals surface area contributed by atoms with Crippen molar-refractivity contribution in [1.82, 2.24) is 0 Å². The molecule has 1 aliphatic carbocycles. The summed E-state index contributed by atoms with van der Waals surface area (Å²) in [4.78, 5) is 0. The molecule has 2 fully saturated rings. The summed E-state index contributed by atoms with van der Waals surface area (Å²) in [6.45, 7) is 0.913. The minimum atomic E-state index is -4.34. The number of rotatable bonds is 2. The molecule has 110 valence electrons. The SMILES string of the molecule is OCC1(c2ccc(C(F)(F)F)cc2)CC2(C1)OCCO2. The van der Waals surface area contributed by atoms with E-state index in [-0.39, 0.29) is 6.61 Å². The number of alkyl halides is 3. The Kier molecular flexibility index (Phi) is 3.08. The maximum atomic E-state index is 12.5. The predicted molar refractivity (Wildman–Crippen MR) is 64.1 cm³/mol. The first-order valence-electron chi connectivity index (χ1n) is 6.46. The molecule has 0 bridgehead atoms. The second kappa shape index (κ2) is 4.44. The van der Waals surface area contributed by atoms with Gasteiger partial charge in [-0.2, -0.15) is 13.2 Å². The summed E-state index contributed by atoms with van der Waals surface area (Å²) in [5.41, 5.74) is -0.552. The van der Waals surface area contributed by atoms with Crippen LogP contribution in [-0.4, -0.2) is 30.7 Å². The molecule has 3 nitrogen and oxygen atoms in total. The van der Waals surface area contributed by atoms with Crippen molar-refractivity contribution < 1.29 is 27.8 Å². The van der Waals surface area contributed by atoms with Crippen LogP contribution in [-0.2, 0) is 21.1 Å². The van der Waals surface area contributed by atoms with Crippen molar-refractivity contribution in [3.8, 4) is 0 Å². The Bertz CT molecular complexity index is 481. The van der Waals surface area contributed by atoms with Crippen molar-refractivity contribution in [2.75, 3.05) is 19.8 Å². The smallest absolute Gasteiger partial charge is 0.395 e. The Labute approximate surface area is 114 Å². The van der Waals surface area contributed by atoms with E-state index in [1.807, 2.05) is 0 Å². The highest BCUT2D eigenvalue weighted by molar-refractivity contribution is 5.34. The third kappa shape index (κ3) is 2.12. The predicted octanol–water partition coefficient (Wildman–Crippen LogP) is 2.47. The molecule has 1 spiro atoms. The molecule has 0 radical (unpaired) electrons. The molecule has 1 aliphatic heterocycles. The first kappa shape index (κ1) is 13.9. The summed E-state index contributed by atoms with van der Waals surface area (Å²) >= 11 is 0. The van der Waals surface area contributed by atoms with Crippen molar-refractivity contribution in [1.29, 1.82) is 0 Å². The lowest BCUT2D eigenvalue weighted by molar-refractivity contribution is -0.246. The highest BCUT2D eigenvalue weighted by Gasteiger charge is 2.59. The summed E-state index contributed by atoms with van der Waals surface area (Å²) in [7, 11) is 0. The van der Waals surface area contributed by atoms with Crippen molar-refractivity contribution in [3.63, 3.8) is 0 Å². The summed E-state index contributed by atoms with van der Waals surface area (Å²) in [5, 5.41) is 9.63. The van der Waals surface area contributed by atoms with E-state index < -0.39 is 22.9 Å². The zero-order valence-corrected chi connectivity index (χ0v) is 10.7. The molecule has 1 aromatic carbocycles. The Hall–Kier alpha value is -1.11. The van der Waals surface area contributed by atoms with Gasteiger partial charge in [-0.1, -0.05) is 12.1 Å². The topological polar surface area (TPSA) is 38.7 Å². The molecular weight excluding hydrogens is 273 g/mol. The van der Waals surface area contributed by atoms with E-state index in [2.05, 4.69) is 0 Å². The molecule has 6 heteroatoms. The lowest BCUT2D eigenvalue weighted by Gasteiger charge is -2.52. The van der Waals surface area contributed by atoms with Crippen LogP contribution in [0.5, 0.6) is 0 Å². The van der Waals surface area contributed by atoms with Crippen LogP contribution in [0, 0.1) is 0 Å². The van der Waals surface area contributed by atoms with Gasteiger partial charge in [0.1, 0.15) is 0 Å². The fourth-order valence-corrected chi connectivity index (χ4v) is 3.10. The molecule has 1 saturated carbocycles. The van der Waals surface area contributed by atoms with Gasteiger partial charge >= 0.3 is 6.18 Å². The van der Waals surface area contributed by atoms with Gasteiger partial charge in [-0.3, -0.25) is 0 Å². The van der Waals surface area contributed by atoms with Gasteiger partial charge in [0.2, 0.25) is 0 Å². The number of hydrogen-bond acceptors (Lipinski definition) is 3. The van der Waals surface area contributed by atoms with E-state index in [0.717, 1.165) is 12.1 Å². The average Bonchev–Trinajstić information content (AvgIpc) is 2.85. The molecule has 2 aliphatic rings. The fraction of sp³-hybridized carbons (Fsp3) is 0.571. The van der Waals surface area contributed by atoms with Crippen LogP contribution >= 0.6 is 0 Å². The highest BCUT2D eigenvalue weighted by atomic mass is 19.4. The second-order valence-corrected chi connectivity index (χ2v) is 5.47. The van der Waals surface area contributed by atoms with Crippen LogP contribution in [0.4, 0.5) is 13.2 Å². The van der Waals surface area contributed by atoms with Crippen LogP contribution in [0.15, 0.2) is 24.3 Å². The number of benzene rings is 1. The molecule has 0 amide bonds. The Morgan fingerprint density at radius 3 is 2.05 bits per heavy atom. The normalized spacial score (nSPS) is 23.8. The van der Waals surface area contributed by atoms with Crippen LogP contribution in [0.25, 0.3) is 0 Å². The van der Waals surface area contributed by atoms with E-state index in [4.69, 9.17) is 9.47 Å². The summed E-state index contributed by atoms with van der Waals surface area (Å²) in [5.74, 6) is -0.647. The fourth-order valence-electron chi connectivity index (χ4n) is 3.10. The number of ether oxygens (including phenoxy) is 2. The van der Waals surface area contributed by atoms with E-state index in [9.17, 15) is 18.3 Å².